The molecule has 0 saturated carbocycles. The first kappa shape index (κ1) is 20.7. The molecule has 1 heterocycles. The van der Waals surface area contributed by atoms with E-state index in [1.807, 2.05) is 44.1 Å². The molecule has 0 aliphatic carbocycles. The van der Waals surface area contributed by atoms with E-state index in [0.29, 0.717) is 18.2 Å². The quantitative estimate of drug-likeness (QED) is 0.680. The lowest BCUT2D eigenvalue weighted by molar-refractivity contribution is -0.120. The van der Waals surface area contributed by atoms with Crippen molar-refractivity contribution < 1.29 is 9.53 Å². The van der Waals surface area contributed by atoms with E-state index in [-0.39, 0.29) is 11.9 Å². The number of benzene rings is 2. The van der Waals surface area contributed by atoms with Crippen LogP contribution in [0.15, 0.2) is 47.4 Å². The fraction of sp³-hybridized carbons (Fsp3) is 0.435. The Balaban J connectivity index is 1.57. The van der Waals surface area contributed by atoms with Crippen LogP contribution in [0, 0.1) is 0 Å². The number of nitrogens with one attached hydrogen (secondary N) is 1. The van der Waals surface area contributed by atoms with Gasteiger partial charge in [0.05, 0.1) is 19.1 Å². The van der Waals surface area contributed by atoms with Gasteiger partial charge in [-0.2, -0.15) is 0 Å². The summed E-state index contributed by atoms with van der Waals surface area (Å²) in [5, 5.41) is 3.67. The van der Waals surface area contributed by atoms with E-state index in [9.17, 15) is 4.79 Å². The van der Waals surface area contributed by atoms with Crippen LogP contribution in [-0.4, -0.2) is 43.3 Å². The molecule has 0 saturated heterocycles. The largest absolute Gasteiger partial charge is 0.493 e. The van der Waals surface area contributed by atoms with Crippen molar-refractivity contribution in [2.75, 3.05) is 27.2 Å². The predicted octanol–water partition coefficient (Wildman–Crippen LogP) is 4.08. The van der Waals surface area contributed by atoms with Crippen molar-refractivity contribution in [2.45, 2.75) is 42.9 Å². The molecule has 0 fully saturated rings. The number of hydrogen-bond acceptors (Lipinski definition) is 4. The van der Waals surface area contributed by atoms with Crippen molar-refractivity contribution in [1.82, 2.24) is 10.2 Å². The fourth-order valence-electron chi connectivity index (χ4n) is 3.43. The predicted molar refractivity (Wildman–Crippen MR) is 116 cm³/mol. The van der Waals surface area contributed by atoms with Crippen LogP contribution < -0.4 is 10.1 Å². The molecule has 2 aromatic carbocycles. The Morgan fingerprint density at radius 2 is 1.93 bits per heavy atom. The van der Waals surface area contributed by atoms with E-state index in [0.717, 1.165) is 24.3 Å². The number of rotatable bonds is 8. The van der Waals surface area contributed by atoms with Gasteiger partial charge in [0, 0.05) is 23.1 Å². The molecule has 3 rings (SSSR count). The summed E-state index contributed by atoms with van der Waals surface area (Å²) in [4.78, 5) is 15.9. The van der Waals surface area contributed by atoms with Crippen molar-refractivity contribution in [1.29, 1.82) is 0 Å². The third-order valence-electron chi connectivity index (χ3n) is 4.87. The normalized spacial score (nSPS) is 14.1. The van der Waals surface area contributed by atoms with E-state index in [1.54, 1.807) is 0 Å². The first-order valence-electron chi connectivity index (χ1n) is 9.86. The Morgan fingerprint density at radius 3 is 2.61 bits per heavy atom. The minimum atomic E-state index is 0.0561. The number of nitrogens with zero attached hydrogens (tertiary/aromatic N) is 1. The highest BCUT2D eigenvalue weighted by atomic mass is 32.2. The van der Waals surface area contributed by atoms with E-state index in [2.05, 4.69) is 48.3 Å². The lowest BCUT2D eigenvalue weighted by Gasteiger charge is -2.25. The molecule has 0 aromatic heterocycles. The highest BCUT2D eigenvalue weighted by molar-refractivity contribution is 7.99. The number of fused-ring (bicyclic) bond motifs is 1. The molecule has 150 valence electrons. The summed E-state index contributed by atoms with van der Waals surface area (Å²) in [6.07, 6.45) is 1.37. The van der Waals surface area contributed by atoms with Gasteiger partial charge in [-0.3, -0.25) is 4.79 Å². The summed E-state index contributed by atoms with van der Waals surface area (Å²) in [6.45, 7) is 5.71. The molecule has 0 bridgehead atoms. The van der Waals surface area contributed by atoms with Gasteiger partial charge in [0.15, 0.2) is 0 Å². The number of ether oxygens (including phenoxy) is 1. The number of carbonyl (C=O) groups excluding carboxylic acids is 1. The van der Waals surface area contributed by atoms with Gasteiger partial charge in [-0.05, 0) is 49.0 Å². The number of thioether (sulfide) groups is 1. The van der Waals surface area contributed by atoms with Crippen LogP contribution in [0.3, 0.4) is 0 Å². The molecule has 0 radical (unpaired) electrons. The monoisotopic (exact) mass is 398 g/mol. The number of likely N-dealkylation sites (N-methyl/N-ethyl adjacent to an activating group) is 1. The molecule has 0 spiro atoms. The zero-order chi connectivity index (χ0) is 20.1. The molecule has 2 aromatic rings. The zero-order valence-corrected chi connectivity index (χ0v) is 18.0. The van der Waals surface area contributed by atoms with Crippen molar-refractivity contribution in [2.24, 2.45) is 0 Å². The standard InChI is InChI=1S/C23H30N2O2S/c1-16(2)28-20-8-5-17(6-9-20)13-23(26)24-15-21(25(3)4)18-7-10-22-19(14-18)11-12-27-22/h5-10,14,16,21H,11-13,15H2,1-4H3,(H,24,26). The van der Waals surface area contributed by atoms with E-state index in [1.165, 1.54) is 16.0 Å². The third kappa shape index (κ3) is 5.52. The molecule has 1 unspecified atom stereocenters. The molecular formula is C23H30N2O2S. The highest BCUT2D eigenvalue weighted by Gasteiger charge is 2.19. The Hall–Kier alpha value is -1.98. The van der Waals surface area contributed by atoms with Gasteiger partial charge >= 0.3 is 0 Å². The summed E-state index contributed by atoms with van der Waals surface area (Å²) >= 11 is 1.83. The molecule has 1 N–H and O–H groups in total. The van der Waals surface area contributed by atoms with Gasteiger partial charge in [-0.25, -0.2) is 0 Å². The molecule has 4 nitrogen and oxygen atoms in total. The van der Waals surface area contributed by atoms with Crippen molar-refractivity contribution in [3.8, 4) is 5.75 Å². The molecule has 1 amide bonds. The molecule has 28 heavy (non-hydrogen) atoms. The lowest BCUT2D eigenvalue weighted by Crippen LogP contribution is -2.35. The molecule has 1 aliphatic rings. The number of amides is 1. The van der Waals surface area contributed by atoms with Crippen LogP contribution in [0.5, 0.6) is 5.75 Å². The maximum absolute atomic E-state index is 12.5. The molecule has 1 aliphatic heterocycles. The van der Waals surface area contributed by atoms with Gasteiger partial charge < -0.3 is 15.0 Å². The Labute approximate surface area is 172 Å². The van der Waals surface area contributed by atoms with Crippen LogP contribution in [-0.2, 0) is 17.6 Å². The maximum Gasteiger partial charge on any atom is 0.224 e. The van der Waals surface area contributed by atoms with Crippen molar-refractivity contribution in [3.05, 3.63) is 59.2 Å². The third-order valence-corrected chi connectivity index (χ3v) is 5.89. The van der Waals surface area contributed by atoms with Crippen LogP contribution in [0.1, 0.15) is 36.6 Å². The first-order valence-corrected chi connectivity index (χ1v) is 10.7. The second-order valence-corrected chi connectivity index (χ2v) is 9.39. The summed E-state index contributed by atoms with van der Waals surface area (Å²) in [5.41, 5.74) is 3.52. The molecular weight excluding hydrogens is 368 g/mol. The summed E-state index contributed by atoms with van der Waals surface area (Å²) in [5.74, 6) is 1.05. The second-order valence-electron chi connectivity index (χ2n) is 7.74. The van der Waals surface area contributed by atoms with Gasteiger partial charge in [0.2, 0.25) is 5.91 Å². The minimum absolute atomic E-state index is 0.0561. The topological polar surface area (TPSA) is 41.6 Å². The van der Waals surface area contributed by atoms with E-state index < -0.39 is 0 Å². The number of carbonyl (C=O) groups is 1. The van der Waals surface area contributed by atoms with Gasteiger partial charge in [-0.1, -0.05) is 38.1 Å². The average Bonchev–Trinajstić information content (AvgIpc) is 3.10. The summed E-state index contributed by atoms with van der Waals surface area (Å²) in [6, 6.07) is 14.8. The zero-order valence-electron chi connectivity index (χ0n) is 17.2. The number of hydrogen-bond donors (Lipinski definition) is 1. The molecule has 1 atom stereocenters. The van der Waals surface area contributed by atoms with Gasteiger partial charge in [0.1, 0.15) is 5.75 Å². The van der Waals surface area contributed by atoms with Crippen LogP contribution in [0.4, 0.5) is 0 Å². The van der Waals surface area contributed by atoms with Crippen LogP contribution in [0.25, 0.3) is 0 Å². The lowest BCUT2D eigenvalue weighted by atomic mass is 10.0. The van der Waals surface area contributed by atoms with E-state index in [4.69, 9.17) is 4.74 Å². The van der Waals surface area contributed by atoms with Gasteiger partial charge in [-0.15, -0.1) is 11.8 Å². The molecule has 5 heteroatoms. The van der Waals surface area contributed by atoms with E-state index >= 15 is 0 Å². The summed E-state index contributed by atoms with van der Waals surface area (Å²) < 4.78 is 5.60. The van der Waals surface area contributed by atoms with Crippen molar-refractivity contribution in [3.63, 3.8) is 0 Å². The summed E-state index contributed by atoms with van der Waals surface area (Å²) in [7, 11) is 4.09. The van der Waals surface area contributed by atoms with Crippen molar-refractivity contribution >= 4 is 17.7 Å². The van der Waals surface area contributed by atoms with Gasteiger partial charge in [0.25, 0.3) is 0 Å². The Bertz CT molecular complexity index is 803. The fourth-order valence-corrected chi connectivity index (χ4v) is 4.27. The minimum Gasteiger partial charge on any atom is -0.493 e. The Morgan fingerprint density at radius 1 is 1.18 bits per heavy atom. The SMILES string of the molecule is CC(C)Sc1ccc(CC(=O)NCC(c2ccc3c(c2)CCO3)N(C)C)cc1. The van der Waals surface area contributed by atoms with Crippen LogP contribution >= 0.6 is 11.8 Å². The Kier molecular flexibility index (Phi) is 7.03. The first-order chi connectivity index (χ1) is 13.4. The smallest absolute Gasteiger partial charge is 0.224 e. The highest BCUT2D eigenvalue weighted by Crippen LogP contribution is 2.29. The average molecular weight is 399 g/mol. The second kappa shape index (κ2) is 9.48. The van der Waals surface area contributed by atoms with Crippen LogP contribution in [0.2, 0.25) is 0 Å². The maximum atomic E-state index is 12.5.